The summed E-state index contributed by atoms with van der Waals surface area (Å²) in [6.07, 6.45) is 5.63. The fraction of sp³-hybridized carbons (Fsp3) is 0.571. The Morgan fingerprint density at radius 2 is 2.19 bits per heavy atom. The normalized spacial score (nSPS) is 15.4. The molecule has 0 saturated heterocycles. The van der Waals surface area contributed by atoms with Crippen LogP contribution >= 0.6 is 0 Å². The van der Waals surface area contributed by atoms with Crippen molar-refractivity contribution >= 4 is 0 Å². The number of halogens is 1. The standard InChI is InChI=1S/C14H20FN/c1-2-3-4-12-9-11(5-8-14(12)15)10-16-13-6-7-13/h5,8-9,13,16H,2-4,6-7,10H2,1H3. The molecule has 0 aromatic heterocycles. The Kier molecular flexibility index (Phi) is 3.94. The Morgan fingerprint density at radius 1 is 1.38 bits per heavy atom. The minimum atomic E-state index is -0.0522. The Bertz CT molecular complexity index is 345. The molecule has 0 spiro atoms. The molecule has 0 amide bonds. The first-order valence-corrected chi connectivity index (χ1v) is 6.30. The van der Waals surface area contributed by atoms with Crippen LogP contribution in [0.1, 0.15) is 43.7 Å². The zero-order valence-corrected chi connectivity index (χ0v) is 9.93. The highest BCUT2D eigenvalue weighted by molar-refractivity contribution is 5.25. The van der Waals surface area contributed by atoms with Gasteiger partial charge in [-0.15, -0.1) is 0 Å². The van der Waals surface area contributed by atoms with E-state index in [2.05, 4.69) is 12.2 Å². The molecule has 1 aromatic carbocycles. The summed E-state index contributed by atoms with van der Waals surface area (Å²) in [5, 5.41) is 3.45. The monoisotopic (exact) mass is 221 g/mol. The Morgan fingerprint density at radius 3 is 2.88 bits per heavy atom. The first-order valence-electron chi connectivity index (χ1n) is 6.30. The van der Waals surface area contributed by atoms with E-state index in [0.717, 1.165) is 31.4 Å². The first-order chi connectivity index (χ1) is 7.79. The van der Waals surface area contributed by atoms with Gasteiger partial charge in [-0.2, -0.15) is 0 Å². The Balaban J connectivity index is 1.95. The molecule has 0 aliphatic heterocycles. The van der Waals surface area contributed by atoms with Crippen molar-refractivity contribution < 1.29 is 4.39 Å². The summed E-state index contributed by atoms with van der Waals surface area (Å²) in [6, 6.07) is 6.22. The number of benzene rings is 1. The van der Waals surface area contributed by atoms with Crippen LogP contribution < -0.4 is 5.32 Å². The van der Waals surface area contributed by atoms with Crippen molar-refractivity contribution in [2.24, 2.45) is 0 Å². The van der Waals surface area contributed by atoms with Gasteiger partial charge in [0.2, 0.25) is 0 Å². The summed E-state index contributed by atoms with van der Waals surface area (Å²) in [5.41, 5.74) is 2.08. The van der Waals surface area contributed by atoms with Gasteiger partial charge in [-0.05, 0) is 42.9 Å². The van der Waals surface area contributed by atoms with E-state index in [1.165, 1.54) is 18.4 Å². The Labute approximate surface area is 97.1 Å². The van der Waals surface area contributed by atoms with Crippen LogP contribution in [0.3, 0.4) is 0 Å². The third-order valence-corrected chi connectivity index (χ3v) is 3.08. The van der Waals surface area contributed by atoms with Gasteiger partial charge in [0.25, 0.3) is 0 Å². The molecule has 0 unspecified atom stereocenters. The van der Waals surface area contributed by atoms with E-state index in [4.69, 9.17) is 0 Å². The molecule has 1 aliphatic carbocycles. The molecular weight excluding hydrogens is 201 g/mol. The molecule has 1 saturated carbocycles. The van der Waals surface area contributed by atoms with Gasteiger partial charge in [0.1, 0.15) is 5.82 Å². The molecule has 88 valence electrons. The molecule has 0 heterocycles. The van der Waals surface area contributed by atoms with Crippen molar-refractivity contribution in [3.8, 4) is 0 Å². The molecule has 16 heavy (non-hydrogen) atoms. The number of nitrogens with one attached hydrogen (secondary N) is 1. The topological polar surface area (TPSA) is 12.0 Å². The summed E-state index contributed by atoms with van der Waals surface area (Å²) in [5.74, 6) is -0.0522. The fourth-order valence-electron chi connectivity index (χ4n) is 1.85. The highest BCUT2D eigenvalue weighted by atomic mass is 19.1. The second-order valence-corrected chi connectivity index (χ2v) is 4.68. The molecular formula is C14H20FN. The fourth-order valence-corrected chi connectivity index (χ4v) is 1.85. The summed E-state index contributed by atoms with van der Waals surface area (Å²) in [6.45, 7) is 3.01. The lowest BCUT2D eigenvalue weighted by molar-refractivity contribution is 0.600. The average Bonchev–Trinajstić information content (AvgIpc) is 3.10. The van der Waals surface area contributed by atoms with Crippen LogP contribution in [0, 0.1) is 5.82 Å². The van der Waals surface area contributed by atoms with E-state index in [9.17, 15) is 4.39 Å². The van der Waals surface area contributed by atoms with Crippen molar-refractivity contribution in [2.75, 3.05) is 0 Å². The predicted octanol–water partition coefficient (Wildman–Crippen LogP) is 3.42. The molecule has 1 N–H and O–H groups in total. The van der Waals surface area contributed by atoms with Crippen molar-refractivity contribution in [3.05, 3.63) is 35.1 Å². The highest BCUT2D eigenvalue weighted by Crippen LogP contribution is 2.20. The lowest BCUT2D eigenvalue weighted by Crippen LogP contribution is -2.15. The Hall–Kier alpha value is -0.890. The number of aryl methyl sites for hydroxylation is 1. The number of hydrogen-bond donors (Lipinski definition) is 1. The summed E-state index contributed by atoms with van der Waals surface area (Å²) >= 11 is 0. The quantitative estimate of drug-likeness (QED) is 0.776. The second-order valence-electron chi connectivity index (χ2n) is 4.68. The van der Waals surface area contributed by atoms with E-state index in [-0.39, 0.29) is 5.82 Å². The molecule has 1 nitrogen and oxygen atoms in total. The van der Waals surface area contributed by atoms with E-state index >= 15 is 0 Å². The zero-order valence-electron chi connectivity index (χ0n) is 9.93. The van der Waals surface area contributed by atoms with Gasteiger partial charge < -0.3 is 5.32 Å². The largest absolute Gasteiger partial charge is 0.310 e. The van der Waals surface area contributed by atoms with Gasteiger partial charge in [-0.25, -0.2) is 4.39 Å². The lowest BCUT2D eigenvalue weighted by Gasteiger charge is -2.07. The van der Waals surface area contributed by atoms with E-state index in [1.54, 1.807) is 6.07 Å². The summed E-state index contributed by atoms with van der Waals surface area (Å²) < 4.78 is 13.5. The first kappa shape index (κ1) is 11.6. The van der Waals surface area contributed by atoms with Gasteiger partial charge >= 0.3 is 0 Å². The zero-order chi connectivity index (χ0) is 11.4. The minimum absolute atomic E-state index is 0.0522. The number of hydrogen-bond acceptors (Lipinski definition) is 1. The third kappa shape index (κ3) is 3.31. The maximum atomic E-state index is 13.5. The van der Waals surface area contributed by atoms with Crippen molar-refractivity contribution in [1.29, 1.82) is 0 Å². The maximum Gasteiger partial charge on any atom is 0.126 e. The third-order valence-electron chi connectivity index (χ3n) is 3.08. The predicted molar refractivity (Wildman–Crippen MR) is 64.9 cm³/mol. The number of rotatable bonds is 6. The van der Waals surface area contributed by atoms with Crippen LogP contribution in [-0.4, -0.2) is 6.04 Å². The molecule has 0 radical (unpaired) electrons. The van der Waals surface area contributed by atoms with Crippen molar-refractivity contribution in [2.45, 2.75) is 51.6 Å². The number of unbranched alkanes of at least 4 members (excludes halogenated alkanes) is 1. The minimum Gasteiger partial charge on any atom is -0.310 e. The average molecular weight is 221 g/mol. The van der Waals surface area contributed by atoms with Crippen LogP contribution in [0.4, 0.5) is 4.39 Å². The smallest absolute Gasteiger partial charge is 0.126 e. The van der Waals surface area contributed by atoms with Crippen LogP contribution in [0.2, 0.25) is 0 Å². The molecule has 2 heteroatoms. The van der Waals surface area contributed by atoms with Crippen molar-refractivity contribution in [3.63, 3.8) is 0 Å². The van der Waals surface area contributed by atoms with Crippen LogP contribution in [0.15, 0.2) is 18.2 Å². The van der Waals surface area contributed by atoms with E-state index in [1.807, 2.05) is 12.1 Å². The molecule has 1 fully saturated rings. The molecule has 1 aromatic rings. The maximum absolute atomic E-state index is 13.5. The van der Waals surface area contributed by atoms with Crippen molar-refractivity contribution in [1.82, 2.24) is 5.32 Å². The van der Waals surface area contributed by atoms with Gasteiger partial charge in [0.05, 0.1) is 0 Å². The summed E-state index contributed by atoms with van der Waals surface area (Å²) in [4.78, 5) is 0. The van der Waals surface area contributed by atoms with E-state index < -0.39 is 0 Å². The summed E-state index contributed by atoms with van der Waals surface area (Å²) in [7, 11) is 0. The van der Waals surface area contributed by atoms with Gasteiger partial charge in [0.15, 0.2) is 0 Å². The highest BCUT2D eigenvalue weighted by Gasteiger charge is 2.19. The van der Waals surface area contributed by atoms with Gasteiger partial charge in [-0.3, -0.25) is 0 Å². The lowest BCUT2D eigenvalue weighted by atomic mass is 10.0. The molecule has 1 aliphatic rings. The second kappa shape index (κ2) is 5.44. The molecule has 0 atom stereocenters. The van der Waals surface area contributed by atoms with Crippen LogP contribution in [0.5, 0.6) is 0 Å². The van der Waals surface area contributed by atoms with Gasteiger partial charge in [-0.1, -0.05) is 25.5 Å². The van der Waals surface area contributed by atoms with E-state index in [0.29, 0.717) is 6.04 Å². The molecule has 2 rings (SSSR count). The van der Waals surface area contributed by atoms with Crippen LogP contribution in [0.25, 0.3) is 0 Å². The molecule has 0 bridgehead atoms. The van der Waals surface area contributed by atoms with Gasteiger partial charge in [0, 0.05) is 12.6 Å². The SMILES string of the molecule is CCCCc1cc(CNC2CC2)ccc1F. The van der Waals surface area contributed by atoms with Crippen LogP contribution in [-0.2, 0) is 13.0 Å².